The minimum Gasteiger partial charge on any atom is -0.352 e. The molecule has 0 aromatic carbocycles. The van der Waals surface area contributed by atoms with Crippen LogP contribution in [0.25, 0.3) is 11.2 Å². The van der Waals surface area contributed by atoms with Gasteiger partial charge in [-0.25, -0.2) is 15.0 Å². The molecule has 0 spiro atoms. The largest absolute Gasteiger partial charge is 0.352 e. The van der Waals surface area contributed by atoms with E-state index < -0.39 is 0 Å². The van der Waals surface area contributed by atoms with Crippen molar-refractivity contribution in [2.45, 2.75) is 52.5 Å². The van der Waals surface area contributed by atoms with E-state index in [4.69, 9.17) is 4.98 Å². The molecule has 136 valence electrons. The summed E-state index contributed by atoms with van der Waals surface area (Å²) in [4.78, 5) is 26.7. The predicted molar refractivity (Wildman–Crippen MR) is 103 cm³/mol. The quantitative estimate of drug-likeness (QED) is 0.766. The normalized spacial score (nSPS) is 14.2. The Morgan fingerprint density at radius 3 is 2.92 bits per heavy atom. The molecule has 0 aliphatic carbocycles. The third kappa shape index (κ3) is 3.35. The summed E-state index contributed by atoms with van der Waals surface area (Å²) in [6.45, 7) is 5.43. The monoisotopic (exact) mass is 369 g/mol. The van der Waals surface area contributed by atoms with Crippen molar-refractivity contribution >= 4 is 28.4 Å². The highest BCUT2D eigenvalue weighted by atomic mass is 32.1. The molecule has 0 fully saturated rings. The molecule has 7 heteroatoms. The average Bonchev–Trinajstić information content (AvgIpc) is 3.09. The number of carbonyl (C=O) groups is 1. The molecule has 0 saturated heterocycles. The van der Waals surface area contributed by atoms with Crippen molar-refractivity contribution in [1.29, 1.82) is 0 Å². The van der Waals surface area contributed by atoms with E-state index in [2.05, 4.69) is 19.9 Å². The number of thiazole rings is 1. The van der Waals surface area contributed by atoms with Gasteiger partial charge in [0.15, 0.2) is 5.65 Å². The Morgan fingerprint density at radius 2 is 2.12 bits per heavy atom. The number of amides is 1. The lowest BCUT2D eigenvalue weighted by Crippen LogP contribution is -2.26. The Kier molecular flexibility index (Phi) is 4.72. The Bertz CT molecular complexity index is 958. The lowest BCUT2D eigenvalue weighted by atomic mass is 10.2. The molecule has 0 unspecified atom stereocenters. The summed E-state index contributed by atoms with van der Waals surface area (Å²) in [5.41, 5.74) is 4.08. The Labute approximate surface area is 156 Å². The molecule has 0 bridgehead atoms. The van der Waals surface area contributed by atoms with Crippen molar-refractivity contribution in [2.75, 3.05) is 6.54 Å². The summed E-state index contributed by atoms with van der Waals surface area (Å²) in [5, 5.41) is 6.11. The van der Waals surface area contributed by atoms with Crippen molar-refractivity contribution in [3.05, 3.63) is 39.2 Å². The number of pyridine rings is 1. The molecule has 1 N–H and O–H groups in total. The summed E-state index contributed by atoms with van der Waals surface area (Å²) < 4.78 is 2.20. The van der Waals surface area contributed by atoms with Gasteiger partial charge in [-0.2, -0.15) is 0 Å². The fourth-order valence-corrected chi connectivity index (χ4v) is 4.16. The third-order valence-corrected chi connectivity index (χ3v) is 5.59. The van der Waals surface area contributed by atoms with E-state index in [9.17, 15) is 4.79 Å². The fourth-order valence-electron chi connectivity index (χ4n) is 3.51. The van der Waals surface area contributed by atoms with E-state index >= 15 is 0 Å². The van der Waals surface area contributed by atoms with Crippen LogP contribution in [0.4, 0.5) is 0 Å². The molecule has 1 aliphatic rings. The highest BCUT2D eigenvalue weighted by Crippen LogP contribution is 2.24. The average molecular weight is 369 g/mol. The van der Waals surface area contributed by atoms with E-state index in [0.717, 1.165) is 65.6 Å². The summed E-state index contributed by atoms with van der Waals surface area (Å²) in [6, 6.07) is 1.84. The first-order chi connectivity index (χ1) is 12.6. The van der Waals surface area contributed by atoms with Gasteiger partial charge in [-0.05, 0) is 32.8 Å². The molecule has 3 aromatic heterocycles. The highest BCUT2D eigenvalue weighted by molar-refractivity contribution is 7.09. The number of fused-ring (bicyclic) bond motifs is 3. The van der Waals surface area contributed by atoms with Gasteiger partial charge >= 0.3 is 0 Å². The van der Waals surface area contributed by atoms with E-state index in [1.54, 1.807) is 11.3 Å². The second-order valence-electron chi connectivity index (χ2n) is 6.84. The van der Waals surface area contributed by atoms with Gasteiger partial charge in [0.25, 0.3) is 5.91 Å². The third-order valence-electron chi connectivity index (χ3n) is 4.77. The van der Waals surface area contributed by atoms with Gasteiger partial charge in [-0.15, -0.1) is 11.3 Å². The smallest absolute Gasteiger partial charge is 0.253 e. The minimum absolute atomic E-state index is 0.0827. The van der Waals surface area contributed by atoms with E-state index in [-0.39, 0.29) is 5.91 Å². The number of nitrogens with one attached hydrogen (secondary N) is 1. The summed E-state index contributed by atoms with van der Waals surface area (Å²) in [6.07, 6.45) is 5.21. The zero-order valence-electron chi connectivity index (χ0n) is 15.2. The number of hydrogen-bond donors (Lipinski definition) is 1. The number of aryl methyl sites for hydroxylation is 4. The van der Waals surface area contributed by atoms with Crippen LogP contribution in [-0.2, 0) is 19.4 Å². The van der Waals surface area contributed by atoms with Crippen LogP contribution < -0.4 is 5.32 Å². The van der Waals surface area contributed by atoms with Crippen LogP contribution in [0.3, 0.4) is 0 Å². The second-order valence-corrected chi connectivity index (χ2v) is 7.90. The van der Waals surface area contributed by atoms with Gasteiger partial charge in [0.1, 0.15) is 11.3 Å². The SMILES string of the molecule is Cc1cc(C(=O)NCCc2csc(C)n2)c2nc3n(c2n1)CCCCC3. The maximum atomic E-state index is 12.8. The molecule has 1 amide bonds. The lowest BCUT2D eigenvalue weighted by molar-refractivity contribution is 0.0955. The Hall–Kier alpha value is -2.28. The molecular formula is C19H23N5OS. The van der Waals surface area contributed by atoms with Gasteiger partial charge in [0.2, 0.25) is 0 Å². The van der Waals surface area contributed by atoms with Crippen molar-refractivity contribution < 1.29 is 4.79 Å². The van der Waals surface area contributed by atoms with E-state index in [0.29, 0.717) is 12.1 Å². The molecule has 3 aromatic rings. The van der Waals surface area contributed by atoms with Gasteiger partial charge in [-0.3, -0.25) is 4.79 Å². The van der Waals surface area contributed by atoms with Crippen LogP contribution in [0.15, 0.2) is 11.4 Å². The molecule has 0 radical (unpaired) electrons. The first-order valence-corrected chi connectivity index (χ1v) is 10.1. The van der Waals surface area contributed by atoms with Crippen molar-refractivity contribution in [3.63, 3.8) is 0 Å². The van der Waals surface area contributed by atoms with Gasteiger partial charge in [-0.1, -0.05) is 6.42 Å². The molecule has 0 atom stereocenters. The van der Waals surface area contributed by atoms with Crippen molar-refractivity contribution in [3.8, 4) is 0 Å². The standard InChI is InChI=1S/C19H23N5OS/c1-12-10-15(19(25)20-8-7-14-11-26-13(2)22-14)17-18(21-12)24-9-5-3-4-6-16(24)23-17/h10-11H,3-9H2,1-2H3,(H,20,25). The topological polar surface area (TPSA) is 72.7 Å². The first kappa shape index (κ1) is 17.1. The first-order valence-electron chi connectivity index (χ1n) is 9.18. The number of aromatic nitrogens is 4. The Balaban J connectivity index is 1.58. The zero-order chi connectivity index (χ0) is 18.1. The van der Waals surface area contributed by atoms with Crippen LogP contribution in [0.1, 0.15) is 51.8 Å². The van der Waals surface area contributed by atoms with E-state index in [1.165, 1.54) is 6.42 Å². The van der Waals surface area contributed by atoms with Gasteiger partial charge in [0.05, 0.1) is 16.3 Å². The Morgan fingerprint density at radius 1 is 1.23 bits per heavy atom. The highest BCUT2D eigenvalue weighted by Gasteiger charge is 2.20. The van der Waals surface area contributed by atoms with Crippen molar-refractivity contribution in [2.24, 2.45) is 0 Å². The number of rotatable bonds is 4. The maximum Gasteiger partial charge on any atom is 0.253 e. The number of hydrogen-bond acceptors (Lipinski definition) is 5. The summed E-state index contributed by atoms with van der Waals surface area (Å²) in [7, 11) is 0. The minimum atomic E-state index is -0.0827. The van der Waals surface area contributed by atoms with Crippen LogP contribution in [0.2, 0.25) is 0 Å². The lowest BCUT2D eigenvalue weighted by Gasteiger charge is -2.07. The molecule has 1 aliphatic heterocycles. The summed E-state index contributed by atoms with van der Waals surface area (Å²) in [5.74, 6) is 0.975. The molecule has 4 heterocycles. The number of imidazole rings is 1. The predicted octanol–water partition coefficient (Wildman–Crippen LogP) is 3.20. The van der Waals surface area contributed by atoms with Gasteiger partial charge < -0.3 is 9.88 Å². The fraction of sp³-hybridized carbons (Fsp3) is 0.474. The number of carbonyl (C=O) groups excluding carboxylic acids is 1. The molecule has 6 nitrogen and oxygen atoms in total. The van der Waals surface area contributed by atoms with Crippen LogP contribution in [0, 0.1) is 13.8 Å². The van der Waals surface area contributed by atoms with Crippen LogP contribution in [-0.4, -0.2) is 32.0 Å². The van der Waals surface area contributed by atoms with Crippen LogP contribution in [0.5, 0.6) is 0 Å². The molecule has 26 heavy (non-hydrogen) atoms. The molecule has 0 saturated carbocycles. The van der Waals surface area contributed by atoms with Crippen molar-refractivity contribution in [1.82, 2.24) is 24.8 Å². The zero-order valence-corrected chi connectivity index (χ0v) is 16.0. The van der Waals surface area contributed by atoms with Crippen LogP contribution >= 0.6 is 11.3 Å². The van der Waals surface area contributed by atoms with Gasteiger partial charge in [0, 0.05) is 37.0 Å². The maximum absolute atomic E-state index is 12.8. The summed E-state index contributed by atoms with van der Waals surface area (Å²) >= 11 is 1.64. The second kappa shape index (κ2) is 7.15. The molecular weight excluding hydrogens is 346 g/mol. The number of nitrogens with zero attached hydrogens (tertiary/aromatic N) is 4. The molecule has 4 rings (SSSR count). The van der Waals surface area contributed by atoms with E-state index in [1.807, 2.05) is 25.3 Å².